The van der Waals surface area contributed by atoms with Gasteiger partial charge in [-0.15, -0.1) is 9.24 Å². The Kier molecular flexibility index (Phi) is 10.2. The van der Waals surface area contributed by atoms with Crippen molar-refractivity contribution in [1.29, 1.82) is 0 Å². The number of nitrogens with zero attached hydrogens (tertiary/aromatic N) is 3. The van der Waals surface area contributed by atoms with Gasteiger partial charge >= 0.3 is 0 Å². The molecule has 1 aromatic rings. The van der Waals surface area contributed by atoms with Gasteiger partial charge in [0.15, 0.2) is 0 Å². The molecule has 3 saturated heterocycles. The SMILES string of the molecule is O.O.O.O.O=C1C=C(N2CC2)C(=O)C(N2CC2)=C1N1CC1.O=S(=O)(O)c1cccc(P)c1. The van der Waals surface area contributed by atoms with Crippen LogP contribution in [0.5, 0.6) is 0 Å². The van der Waals surface area contributed by atoms with Crippen LogP contribution < -0.4 is 5.30 Å². The predicted molar refractivity (Wildman–Crippen MR) is 120 cm³/mol. The molecule has 12 nitrogen and oxygen atoms in total. The molecule has 0 saturated carbocycles. The van der Waals surface area contributed by atoms with Gasteiger partial charge in [-0.25, -0.2) is 0 Å². The van der Waals surface area contributed by atoms with Crippen LogP contribution in [0, 0.1) is 0 Å². The normalized spacial score (nSPS) is 18.1. The number of carbonyl (C=O) groups is 2. The third-order valence-electron chi connectivity index (χ3n) is 4.64. The highest BCUT2D eigenvalue weighted by Crippen LogP contribution is 2.33. The van der Waals surface area contributed by atoms with Gasteiger partial charge in [-0.2, -0.15) is 8.42 Å². The summed E-state index contributed by atoms with van der Waals surface area (Å²) in [6.45, 7) is 5.41. The van der Waals surface area contributed by atoms with Gasteiger partial charge < -0.3 is 36.6 Å². The zero-order valence-electron chi connectivity index (χ0n) is 17.0. The minimum absolute atomic E-state index is 0. The molecule has 1 aromatic carbocycles. The molecule has 4 aliphatic rings. The Balaban J connectivity index is 0.000000576. The molecule has 9 N–H and O–H groups in total. The lowest BCUT2D eigenvalue weighted by atomic mass is 10.0. The molecule has 1 atom stereocenters. The Labute approximate surface area is 187 Å². The van der Waals surface area contributed by atoms with Gasteiger partial charge in [-0.3, -0.25) is 14.1 Å². The molecular formula is C18H28N3O9PS. The second-order valence-electron chi connectivity index (χ2n) is 6.93. The van der Waals surface area contributed by atoms with Crippen LogP contribution in [-0.2, 0) is 19.7 Å². The summed E-state index contributed by atoms with van der Waals surface area (Å²) < 4.78 is 29.6. The topological polar surface area (TPSA) is 224 Å². The first-order chi connectivity index (χ1) is 13.3. The molecule has 32 heavy (non-hydrogen) atoms. The van der Waals surface area contributed by atoms with E-state index in [1.54, 1.807) is 12.1 Å². The lowest BCUT2D eigenvalue weighted by molar-refractivity contribution is -0.117. The summed E-state index contributed by atoms with van der Waals surface area (Å²) in [7, 11) is -1.69. The summed E-state index contributed by atoms with van der Waals surface area (Å²) in [5, 5.41) is 0.722. The van der Waals surface area contributed by atoms with Gasteiger partial charge in [0, 0.05) is 45.3 Å². The fourth-order valence-electron chi connectivity index (χ4n) is 2.95. The van der Waals surface area contributed by atoms with Crippen molar-refractivity contribution >= 4 is 36.2 Å². The molecule has 5 rings (SSSR count). The Bertz CT molecular complexity index is 1030. The molecule has 3 aliphatic heterocycles. The van der Waals surface area contributed by atoms with Gasteiger partial charge in [-0.1, -0.05) is 12.1 Å². The molecule has 180 valence electrons. The summed E-state index contributed by atoms with van der Waals surface area (Å²) in [4.78, 5) is 30.4. The number of ketones is 2. The average Bonchev–Trinajstić information content (AvgIpc) is 3.46. The van der Waals surface area contributed by atoms with Gasteiger partial charge in [0.05, 0.1) is 10.6 Å². The third kappa shape index (κ3) is 6.56. The van der Waals surface area contributed by atoms with E-state index in [0.29, 0.717) is 17.1 Å². The van der Waals surface area contributed by atoms with E-state index in [-0.39, 0.29) is 38.4 Å². The summed E-state index contributed by atoms with van der Waals surface area (Å²) >= 11 is 0. The molecule has 3 heterocycles. The maximum Gasteiger partial charge on any atom is 0.294 e. The number of carbonyl (C=O) groups excluding carboxylic acids is 2. The number of hydrogen-bond donors (Lipinski definition) is 1. The van der Waals surface area contributed by atoms with Gasteiger partial charge in [-0.05, 0) is 17.4 Å². The number of benzene rings is 1. The van der Waals surface area contributed by atoms with E-state index in [1.165, 1.54) is 18.2 Å². The number of Topliss-reactive ketones (excluding diaryl/α,β-unsaturated/α-hetero) is 1. The van der Waals surface area contributed by atoms with Crippen molar-refractivity contribution in [2.75, 3.05) is 39.3 Å². The summed E-state index contributed by atoms with van der Waals surface area (Å²) in [6.07, 6.45) is 1.52. The molecule has 0 amide bonds. The molecule has 0 spiro atoms. The van der Waals surface area contributed by atoms with Crippen LogP contribution in [0.15, 0.2) is 52.3 Å². The highest BCUT2D eigenvalue weighted by atomic mass is 32.2. The smallest absolute Gasteiger partial charge is 0.294 e. The molecule has 0 aromatic heterocycles. The summed E-state index contributed by atoms with van der Waals surface area (Å²) in [6, 6.07) is 5.99. The summed E-state index contributed by atoms with van der Waals surface area (Å²) in [5.41, 5.74) is 1.89. The van der Waals surface area contributed by atoms with Crippen LogP contribution >= 0.6 is 9.24 Å². The van der Waals surface area contributed by atoms with Crippen molar-refractivity contribution in [2.45, 2.75) is 4.90 Å². The Morgan fingerprint density at radius 1 is 0.812 bits per heavy atom. The number of hydrogen-bond acceptors (Lipinski definition) is 7. The zero-order chi connectivity index (χ0) is 20.1. The number of allylic oxidation sites excluding steroid dienone is 1. The fourth-order valence-corrected chi connectivity index (χ4v) is 3.90. The van der Waals surface area contributed by atoms with E-state index < -0.39 is 10.1 Å². The second-order valence-corrected chi connectivity index (χ2v) is 9.02. The Hall–Kier alpha value is -2.38. The molecule has 0 radical (unpaired) electrons. The minimum Gasteiger partial charge on any atom is -0.412 e. The van der Waals surface area contributed by atoms with Crippen molar-refractivity contribution in [2.24, 2.45) is 0 Å². The standard InChI is InChI=1S/C12H13N3O2.C6H7O3PS.4H2O/c16-9-7-8(13-1-2-13)12(17)11(15-5-6-15)10(9)14-3-4-14;7-11(8,9)6-3-1-2-5(10)4-6;;;;/h7H,1-6H2;1-4H,10H2,(H,7,8,9);4*1H2. The van der Waals surface area contributed by atoms with Crippen molar-refractivity contribution in [3.05, 3.63) is 47.4 Å². The van der Waals surface area contributed by atoms with Crippen molar-refractivity contribution in [3.63, 3.8) is 0 Å². The highest BCUT2D eigenvalue weighted by molar-refractivity contribution is 7.85. The maximum atomic E-state index is 12.4. The lowest BCUT2D eigenvalue weighted by Gasteiger charge is -2.21. The maximum absolute atomic E-state index is 12.4. The van der Waals surface area contributed by atoms with E-state index in [2.05, 4.69) is 9.24 Å². The van der Waals surface area contributed by atoms with E-state index in [9.17, 15) is 18.0 Å². The predicted octanol–water partition coefficient (Wildman–Crippen LogP) is -3.68. The first-order valence-corrected chi connectivity index (χ1v) is 10.9. The van der Waals surface area contributed by atoms with Crippen molar-refractivity contribution in [1.82, 2.24) is 14.7 Å². The average molecular weight is 493 g/mol. The third-order valence-corrected chi connectivity index (χ3v) is 5.85. The molecule has 0 bridgehead atoms. The highest BCUT2D eigenvalue weighted by Gasteiger charge is 2.43. The fraction of sp³-hybridized carbons (Fsp3) is 0.333. The van der Waals surface area contributed by atoms with Crippen LogP contribution in [0.4, 0.5) is 0 Å². The number of rotatable bonds is 4. The van der Waals surface area contributed by atoms with Gasteiger partial charge in [0.1, 0.15) is 11.4 Å². The molecule has 3 fully saturated rings. The van der Waals surface area contributed by atoms with Crippen LogP contribution in [-0.4, -0.2) is 100 Å². The first kappa shape index (κ1) is 29.6. The van der Waals surface area contributed by atoms with Gasteiger partial charge in [0.25, 0.3) is 10.1 Å². The largest absolute Gasteiger partial charge is 0.412 e. The second kappa shape index (κ2) is 11.0. The monoisotopic (exact) mass is 493 g/mol. The molecule has 1 aliphatic carbocycles. The van der Waals surface area contributed by atoms with E-state index in [1.807, 2.05) is 14.7 Å². The van der Waals surface area contributed by atoms with Crippen molar-refractivity contribution in [3.8, 4) is 0 Å². The Morgan fingerprint density at radius 2 is 1.31 bits per heavy atom. The van der Waals surface area contributed by atoms with Crippen LogP contribution in [0.25, 0.3) is 0 Å². The van der Waals surface area contributed by atoms with Crippen LogP contribution in [0.3, 0.4) is 0 Å². The van der Waals surface area contributed by atoms with E-state index in [4.69, 9.17) is 4.55 Å². The molecule has 14 heteroatoms. The van der Waals surface area contributed by atoms with E-state index >= 15 is 0 Å². The minimum atomic E-state index is -4.04. The molecular weight excluding hydrogens is 465 g/mol. The summed E-state index contributed by atoms with van der Waals surface area (Å²) in [5.74, 6) is 0.0485. The molecule has 1 unspecified atom stereocenters. The lowest BCUT2D eigenvalue weighted by Crippen LogP contribution is -2.29. The van der Waals surface area contributed by atoms with E-state index in [0.717, 1.165) is 44.6 Å². The van der Waals surface area contributed by atoms with Gasteiger partial charge in [0.2, 0.25) is 11.6 Å². The Morgan fingerprint density at radius 3 is 1.72 bits per heavy atom. The quantitative estimate of drug-likeness (QED) is 0.190. The zero-order valence-corrected chi connectivity index (χ0v) is 19.0. The first-order valence-electron chi connectivity index (χ1n) is 8.88. The van der Waals surface area contributed by atoms with Crippen molar-refractivity contribution < 1.29 is 44.5 Å². The van der Waals surface area contributed by atoms with Crippen LogP contribution in [0.2, 0.25) is 0 Å². The van der Waals surface area contributed by atoms with Crippen LogP contribution in [0.1, 0.15) is 0 Å².